The zero-order chi connectivity index (χ0) is 9.84. The maximum absolute atomic E-state index is 2.26. The predicted octanol–water partition coefficient (Wildman–Crippen LogP) is 4.37. The first kappa shape index (κ1) is 10.5. The summed E-state index contributed by atoms with van der Waals surface area (Å²) >= 11 is 1.87. The van der Waals surface area contributed by atoms with Gasteiger partial charge in [-0.25, -0.2) is 0 Å². The van der Waals surface area contributed by atoms with Crippen molar-refractivity contribution in [2.24, 2.45) is 5.92 Å². The van der Waals surface area contributed by atoms with E-state index in [1.165, 1.54) is 16.0 Å². The lowest BCUT2D eigenvalue weighted by atomic mass is 9.95. The fourth-order valence-corrected chi connectivity index (χ4v) is 2.52. The van der Waals surface area contributed by atoms with Crippen molar-refractivity contribution >= 4 is 16.9 Å². The van der Waals surface area contributed by atoms with Crippen molar-refractivity contribution in [1.29, 1.82) is 0 Å². The lowest BCUT2D eigenvalue weighted by Gasteiger charge is -2.11. The van der Waals surface area contributed by atoms with Crippen molar-refractivity contribution in [2.75, 3.05) is 0 Å². The van der Waals surface area contributed by atoms with Crippen molar-refractivity contribution in [3.05, 3.63) is 28.0 Å². The van der Waals surface area contributed by atoms with E-state index in [0.29, 0.717) is 5.92 Å². The van der Waals surface area contributed by atoms with Crippen molar-refractivity contribution < 1.29 is 0 Å². The summed E-state index contributed by atoms with van der Waals surface area (Å²) < 4.78 is 0. The van der Waals surface area contributed by atoms with Crippen LogP contribution in [0.5, 0.6) is 0 Å². The summed E-state index contributed by atoms with van der Waals surface area (Å²) in [4.78, 5) is 1.52. The average molecular weight is 194 g/mol. The van der Waals surface area contributed by atoms with E-state index in [0.717, 1.165) is 6.42 Å². The third-order valence-corrected chi connectivity index (χ3v) is 3.38. The van der Waals surface area contributed by atoms with Crippen molar-refractivity contribution in [3.63, 3.8) is 0 Å². The van der Waals surface area contributed by atoms with Crippen molar-refractivity contribution in [3.8, 4) is 0 Å². The van der Waals surface area contributed by atoms with Gasteiger partial charge in [0.15, 0.2) is 0 Å². The van der Waals surface area contributed by atoms with Gasteiger partial charge in [-0.05, 0) is 41.8 Å². The normalized spacial score (nSPS) is 12.5. The van der Waals surface area contributed by atoms with Crippen LogP contribution in [0, 0.1) is 5.92 Å². The molecule has 0 N–H and O–H groups in total. The summed E-state index contributed by atoms with van der Waals surface area (Å²) in [6.45, 7) is 8.87. The molecule has 0 spiro atoms. The Labute approximate surface area is 85.3 Å². The highest BCUT2D eigenvalue weighted by atomic mass is 32.1. The second-order valence-corrected chi connectivity index (χ2v) is 4.51. The summed E-state index contributed by atoms with van der Waals surface area (Å²) in [5.41, 5.74) is 2.95. The SMILES string of the molecule is C/C=C(\c1ccsc1CC)C(C)C. The van der Waals surface area contributed by atoms with Crippen molar-refractivity contribution in [2.45, 2.75) is 34.1 Å². The van der Waals surface area contributed by atoms with Crippen LogP contribution in [0.2, 0.25) is 0 Å². The van der Waals surface area contributed by atoms with Gasteiger partial charge in [0.2, 0.25) is 0 Å². The summed E-state index contributed by atoms with van der Waals surface area (Å²) in [6, 6.07) is 2.25. The van der Waals surface area contributed by atoms with Crippen LogP contribution in [0.4, 0.5) is 0 Å². The van der Waals surface area contributed by atoms with Gasteiger partial charge in [-0.1, -0.05) is 26.8 Å². The van der Waals surface area contributed by atoms with E-state index in [-0.39, 0.29) is 0 Å². The largest absolute Gasteiger partial charge is 0.148 e. The van der Waals surface area contributed by atoms with Crippen LogP contribution in [-0.4, -0.2) is 0 Å². The first-order chi connectivity index (χ1) is 6.20. The molecule has 72 valence electrons. The molecule has 1 aromatic rings. The lowest BCUT2D eigenvalue weighted by molar-refractivity contribution is 0.852. The van der Waals surface area contributed by atoms with Crippen LogP contribution in [0.3, 0.4) is 0 Å². The van der Waals surface area contributed by atoms with E-state index in [1.54, 1.807) is 0 Å². The molecule has 0 nitrogen and oxygen atoms in total. The van der Waals surface area contributed by atoms with Crippen LogP contribution in [0.1, 0.15) is 38.1 Å². The smallest absolute Gasteiger partial charge is 0.0118 e. The zero-order valence-corrected chi connectivity index (χ0v) is 9.74. The van der Waals surface area contributed by atoms with Crippen LogP contribution in [0.15, 0.2) is 17.5 Å². The molecule has 0 saturated heterocycles. The van der Waals surface area contributed by atoms with E-state index < -0.39 is 0 Å². The van der Waals surface area contributed by atoms with Gasteiger partial charge in [-0.2, -0.15) is 0 Å². The highest BCUT2D eigenvalue weighted by Gasteiger charge is 2.09. The summed E-state index contributed by atoms with van der Waals surface area (Å²) in [5, 5.41) is 2.19. The van der Waals surface area contributed by atoms with Gasteiger partial charge in [0.05, 0.1) is 0 Å². The number of allylic oxidation sites excluding steroid dienone is 2. The van der Waals surface area contributed by atoms with Gasteiger partial charge in [0, 0.05) is 4.88 Å². The second-order valence-electron chi connectivity index (χ2n) is 3.51. The molecule has 0 amide bonds. The third kappa shape index (κ3) is 2.22. The molecule has 1 aromatic heterocycles. The molecule has 0 atom stereocenters. The molecule has 0 aliphatic heterocycles. The van der Waals surface area contributed by atoms with Crippen LogP contribution >= 0.6 is 11.3 Å². The molecule has 0 aliphatic carbocycles. The van der Waals surface area contributed by atoms with Crippen LogP contribution in [0.25, 0.3) is 5.57 Å². The summed E-state index contributed by atoms with van der Waals surface area (Å²) in [6.07, 6.45) is 3.39. The Balaban J connectivity index is 3.05. The molecule has 0 aromatic carbocycles. The molecule has 1 heterocycles. The molecule has 0 fully saturated rings. The molecule has 0 saturated carbocycles. The van der Waals surface area contributed by atoms with Crippen molar-refractivity contribution in [1.82, 2.24) is 0 Å². The number of rotatable bonds is 3. The number of hydrogen-bond donors (Lipinski definition) is 0. The predicted molar refractivity (Wildman–Crippen MR) is 62.2 cm³/mol. The Morgan fingerprint density at radius 3 is 2.69 bits per heavy atom. The van der Waals surface area contributed by atoms with E-state index in [2.05, 4.69) is 45.2 Å². The Bertz CT molecular complexity index is 292. The molecule has 0 radical (unpaired) electrons. The minimum Gasteiger partial charge on any atom is -0.148 e. The minimum absolute atomic E-state index is 0.630. The Morgan fingerprint density at radius 2 is 2.23 bits per heavy atom. The highest BCUT2D eigenvalue weighted by Crippen LogP contribution is 2.29. The fraction of sp³-hybridized carbons (Fsp3) is 0.500. The van der Waals surface area contributed by atoms with E-state index in [4.69, 9.17) is 0 Å². The van der Waals surface area contributed by atoms with E-state index in [1.807, 2.05) is 11.3 Å². The summed E-state index contributed by atoms with van der Waals surface area (Å²) in [5.74, 6) is 0.630. The van der Waals surface area contributed by atoms with Gasteiger partial charge in [-0.15, -0.1) is 11.3 Å². The van der Waals surface area contributed by atoms with E-state index >= 15 is 0 Å². The molecule has 13 heavy (non-hydrogen) atoms. The van der Waals surface area contributed by atoms with Gasteiger partial charge >= 0.3 is 0 Å². The lowest BCUT2D eigenvalue weighted by Crippen LogP contribution is -1.94. The van der Waals surface area contributed by atoms with Gasteiger partial charge in [0.1, 0.15) is 0 Å². The maximum Gasteiger partial charge on any atom is 0.0118 e. The molecule has 0 unspecified atom stereocenters. The number of aryl methyl sites for hydroxylation is 1. The monoisotopic (exact) mass is 194 g/mol. The molecule has 1 rings (SSSR count). The third-order valence-electron chi connectivity index (χ3n) is 2.31. The summed E-state index contributed by atoms with van der Waals surface area (Å²) in [7, 11) is 0. The molecule has 0 aliphatic rings. The average Bonchev–Trinajstić information content (AvgIpc) is 2.53. The Kier molecular flexibility index (Phi) is 3.73. The fourth-order valence-electron chi connectivity index (χ4n) is 1.67. The second kappa shape index (κ2) is 4.61. The van der Waals surface area contributed by atoms with Gasteiger partial charge in [-0.3, -0.25) is 0 Å². The Morgan fingerprint density at radius 1 is 1.54 bits per heavy atom. The topological polar surface area (TPSA) is 0 Å². The minimum atomic E-state index is 0.630. The Hall–Kier alpha value is -0.560. The van der Waals surface area contributed by atoms with Gasteiger partial charge < -0.3 is 0 Å². The number of hydrogen-bond acceptors (Lipinski definition) is 1. The quantitative estimate of drug-likeness (QED) is 0.670. The maximum atomic E-state index is 2.26. The molecular formula is C12H18S. The number of thiophene rings is 1. The van der Waals surface area contributed by atoms with Crippen LogP contribution in [-0.2, 0) is 6.42 Å². The zero-order valence-electron chi connectivity index (χ0n) is 8.92. The van der Waals surface area contributed by atoms with E-state index in [9.17, 15) is 0 Å². The molecular weight excluding hydrogens is 176 g/mol. The molecule has 1 heteroatoms. The standard InChI is InChI=1S/C12H18S/c1-5-10(9(3)4)11-7-8-13-12(11)6-2/h5,7-9H,6H2,1-4H3/b10-5-. The van der Waals surface area contributed by atoms with Gasteiger partial charge in [0.25, 0.3) is 0 Å². The first-order valence-electron chi connectivity index (χ1n) is 4.93. The molecule has 0 bridgehead atoms. The highest BCUT2D eigenvalue weighted by molar-refractivity contribution is 7.10. The van der Waals surface area contributed by atoms with Crippen LogP contribution < -0.4 is 0 Å². The first-order valence-corrected chi connectivity index (χ1v) is 5.81.